The van der Waals surface area contributed by atoms with Crippen LogP contribution in [0.25, 0.3) is 0 Å². The summed E-state index contributed by atoms with van der Waals surface area (Å²) in [7, 11) is 0. The summed E-state index contributed by atoms with van der Waals surface area (Å²) < 4.78 is 13.0. The van der Waals surface area contributed by atoms with Gasteiger partial charge in [-0.3, -0.25) is 4.79 Å². The minimum Gasteiger partial charge on any atom is -0.480 e. The molecule has 0 bridgehead atoms. The molecule has 0 aliphatic carbocycles. The van der Waals surface area contributed by atoms with Crippen molar-refractivity contribution < 1.29 is 19.1 Å². The summed E-state index contributed by atoms with van der Waals surface area (Å²) in [6.07, 6.45) is 0.625. The number of aliphatic carboxylic acids is 1. The van der Waals surface area contributed by atoms with Crippen LogP contribution >= 0.6 is 0 Å². The van der Waals surface area contributed by atoms with Crippen LogP contribution in [0.2, 0.25) is 0 Å². The first-order valence-corrected chi connectivity index (χ1v) is 5.75. The highest BCUT2D eigenvalue weighted by Gasteiger charge is 2.25. The molecule has 18 heavy (non-hydrogen) atoms. The average molecular weight is 253 g/mol. The van der Waals surface area contributed by atoms with Crippen molar-refractivity contribution in [2.45, 2.75) is 26.3 Å². The molecule has 0 aliphatic heterocycles. The van der Waals surface area contributed by atoms with E-state index in [0.29, 0.717) is 6.42 Å². The second kappa shape index (κ2) is 6.14. The van der Waals surface area contributed by atoms with Crippen LogP contribution in [-0.2, 0) is 4.79 Å². The predicted octanol–water partition coefficient (Wildman–Crippen LogP) is 2.05. The Labute approximate surface area is 105 Å². The van der Waals surface area contributed by atoms with Gasteiger partial charge in [0.15, 0.2) is 0 Å². The van der Waals surface area contributed by atoms with Crippen LogP contribution < -0.4 is 5.32 Å². The molecule has 1 amide bonds. The Kier molecular flexibility index (Phi) is 4.83. The zero-order chi connectivity index (χ0) is 13.7. The lowest BCUT2D eigenvalue weighted by Crippen LogP contribution is -2.45. The Balaban J connectivity index is 2.82. The van der Waals surface area contributed by atoms with Gasteiger partial charge in [-0.2, -0.15) is 0 Å². The van der Waals surface area contributed by atoms with Gasteiger partial charge in [-0.25, -0.2) is 9.18 Å². The molecule has 0 aromatic heterocycles. The van der Waals surface area contributed by atoms with E-state index in [0.717, 1.165) is 6.07 Å². The molecule has 2 N–H and O–H groups in total. The number of carboxylic acids is 1. The molecule has 0 fully saturated rings. The van der Waals surface area contributed by atoms with E-state index in [1.807, 2.05) is 6.92 Å². The van der Waals surface area contributed by atoms with Gasteiger partial charge in [0, 0.05) is 5.56 Å². The number of hydrogen-bond acceptors (Lipinski definition) is 2. The minimum absolute atomic E-state index is 0.115. The van der Waals surface area contributed by atoms with Crippen LogP contribution in [0.4, 0.5) is 4.39 Å². The van der Waals surface area contributed by atoms with E-state index in [9.17, 15) is 14.0 Å². The third-order valence-electron chi connectivity index (χ3n) is 2.85. The summed E-state index contributed by atoms with van der Waals surface area (Å²) in [6, 6.07) is 4.17. The summed E-state index contributed by atoms with van der Waals surface area (Å²) >= 11 is 0. The number of hydrogen-bond donors (Lipinski definition) is 2. The molecular formula is C13H16FNO3. The van der Waals surface area contributed by atoms with Gasteiger partial charge in [0.05, 0.1) is 0 Å². The van der Waals surface area contributed by atoms with Crippen molar-refractivity contribution in [2.75, 3.05) is 0 Å². The fraction of sp³-hybridized carbons (Fsp3) is 0.385. The van der Waals surface area contributed by atoms with Crippen molar-refractivity contribution in [3.05, 3.63) is 35.6 Å². The Morgan fingerprint density at radius 1 is 1.44 bits per heavy atom. The first-order chi connectivity index (χ1) is 8.45. The molecule has 0 radical (unpaired) electrons. The molecule has 1 unspecified atom stereocenters. The largest absolute Gasteiger partial charge is 0.480 e. The summed E-state index contributed by atoms with van der Waals surface area (Å²) in [5.41, 5.74) is 0.115. The second-order valence-corrected chi connectivity index (χ2v) is 4.19. The van der Waals surface area contributed by atoms with Gasteiger partial charge < -0.3 is 10.4 Å². The highest BCUT2D eigenvalue weighted by molar-refractivity contribution is 5.96. The lowest BCUT2D eigenvalue weighted by molar-refractivity contribution is -0.140. The number of carbonyl (C=O) groups is 2. The molecule has 5 heteroatoms. The van der Waals surface area contributed by atoms with E-state index in [1.54, 1.807) is 6.92 Å². The maximum atomic E-state index is 13.0. The van der Waals surface area contributed by atoms with E-state index in [1.165, 1.54) is 18.2 Å². The molecule has 1 rings (SSSR count). The molecule has 98 valence electrons. The summed E-state index contributed by atoms with van der Waals surface area (Å²) in [5.74, 6) is -2.39. The summed E-state index contributed by atoms with van der Waals surface area (Å²) in [5, 5.41) is 11.4. The number of amides is 1. The van der Waals surface area contributed by atoms with Crippen LogP contribution in [0.15, 0.2) is 24.3 Å². The highest BCUT2D eigenvalue weighted by Crippen LogP contribution is 2.10. The molecule has 4 nitrogen and oxygen atoms in total. The second-order valence-electron chi connectivity index (χ2n) is 4.19. The average Bonchev–Trinajstić information content (AvgIpc) is 2.34. The van der Waals surface area contributed by atoms with Crippen LogP contribution in [-0.4, -0.2) is 23.0 Å². The monoisotopic (exact) mass is 253 g/mol. The minimum atomic E-state index is -1.09. The molecule has 0 heterocycles. The molecule has 0 aliphatic rings. The Bertz CT molecular complexity index is 448. The van der Waals surface area contributed by atoms with Gasteiger partial charge in [-0.15, -0.1) is 0 Å². The number of carboxylic acid groups (broad SMARTS) is 1. The highest BCUT2D eigenvalue weighted by atomic mass is 19.1. The normalized spacial score (nSPS) is 13.7. The topological polar surface area (TPSA) is 66.4 Å². The fourth-order valence-corrected chi connectivity index (χ4v) is 1.54. The van der Waals surface area contributed by atoms with Crippen molar-refractivity contribution in [3.63, 3.8) is 0 Å². The number of benzene rings is 1. The molecule has 1 aromatic rings. The fourth-order valence-electron chi connectivity index (χ4n) is 1.54. The molecule has 0 saturated heterocycles. The molecule has 1 aromatic carbocycles. The maximum absolute atomic E-state index is 13.0. The lowest BCUT2D eigenvalue weighted by Gasteiger charge is -2.20. The first kappa shape index (κ1) is 14.2. The van der Waals surface area contributed by atoms with Gasteiger partial charge in [0.25, 0.3) is 5.91 Å². The van der Waals surface area contributed by atoms with Gasteiger partial charge in [0.2, 0.25) is 0 Å². The van der Waals surface area contributed by atoms with Gasteiger partial charge in [-0.1, -0.05) is 26.3 Å². The zero-order valence-electron chi connectivity index (χ0n) is 10.3. The first-order valence-electron chi connectivity index (χ1n) is 5.75. The van der Waals surface area contributed by atoms with E-state index < -0.39 is 23.7 Å². The maximum Gasteiger partial charge on any atom is 0.326 e. The SMILES string of the molecule is CCC(C)[C@H](NC(=O)c1cccc(F)c1)C(=O)O. The third kappa shape index (κ3) is 3.55. The lowest BCUT2D eigenvalue weighted by atomic mass is 9.99. The van der Waals surface area contributed by atoms with Crippen molar-refractivity contribution in [3.8, 4) is 0 Å². The van der Waals surface area contributed by atoms with Gasteiger partial charge in [0.1, 0.15) is 11.9 Å². The quantitative estimate of drug-likeness (QED) is 0.844. The zero-order valence-corrected chi connectivity index (χ0v) is 10.3. The number of rotatable bonds is 5. The summed E-state index contributed by atoms with van der Waals surface area (Å²) in [6.45, 7) is 3.58. The van der Waals surface area contributed by atoms with Crippen LogP contribution in [0.3, 0.4) is 0 Å². The van der Waals surface area contributed by atoms with Crippen LogP contribution in [0, 0.1) is 11.7 Å². The summed E-state index contributed by atoms with van der Waals surface area (Å²) in [4.78, 5) is 22.8. The molecule has 2 atom stereocenters. The standard InChI is InChI=1S/C13H16FNO3/c1-3-8(2)11(13(17)18)15-12(16)9-5-4-6-10(14)7-9/h4-8,11H,3H2,1-2H3,(H,15,16)(H,17,18)/t8?,11-/m0/s1. The van der Waals surface area contributed by atoms with E-state index in [-0.39, 0.29) is 11.5 Å². The number of nitrogens with one attached hydrogen (secondary N) is 1. The number of carbonyl (C=O) groups excluding carboxylic acids is 1. The number of halogens is 1. The van der Waals surface area contributed by atoms with Crippen molar-refractivity contribution in [1.82, 2.24) is 5.32 Å². The van der Waals surface area contributed by atoms with Gasteiger partial charge >= 0.3 is 5.97 Å². The van der Waals surface area contributed by atoms with E-state index in [2.05, 4.69) is 5.32 Å². The Hall–Kier alpha value is -1.91. The predicted molar refractivity (Wildman–Crippen MR) is 64.7 cm³/mol. The van der Waals surface area contributed by atoms with E-state index >= 15 is 0 Å². The van der Waals surface area contributed by atoms with Crippen LogP contribution in [0.1, 0.15) is 30.6 Å². The van der Waals surface area contributed by atoms with Crippen LogP contribution in [0.5, 0.6) is 0 Å². The molecule has 0 saturated carbocycles. The Morgan fingerprint density at radius 2 is 2.11 bits per heavy atom. The smallest absolute Gasteiger partial charge is 0.326 e. The van der Waals surface area contributed by atoms with Crippen molar-refractivity contribution in [1.29, 1.82) is 0 Å². The Morgan fingerprint density at radius 3 is 2.61 bits per heavy atom. The van der Waals surface area contributed by atoms with E-state index in [4.69, 9.17) is 5.11 Å². The van der Waals surface area contributed by atoms with Crippen molar-refractivity contribution in [2.24, 2.45) is 5.92 Å². The molecule has 0 spiro atoms. The third-order valence-corrected chi connectivity index (χ3v) is 2.85. The van der Waals surface area contributed by atoms with Gasteiger partial charge in [-0.05, 0) is 24.1 Å². The van der Waals surface area contributed by atoms with Crippen molar-refractivity contribution >= 4 is 11.9 Å². The molecular weight excluding hydrogens is 237 g/mol.